The molecule has 1 heterocycles. The highest BCUT2D eigenvalue weighted by Crippen LogP contribution is 2.37. The Hall–Kier alpha value is -0.0551. The molecule has 4 heteroatoms. The Kier molecular flexibility index (Phi) is 3.54. The summed E-state index contributed by atoms with van der Waals surface area (Å²) in [7, 11) is -0.155. The van der Waals surface area contributed by atoms with Gasteiger partial charge >= 0.3 is 7.12 Å². The molecule has 0 bridgehead atoms. The molecule has 0 amide bonds. The number of quaternary nitrogens is 1. The molecule has 88 valence electrons. The van der Waals surface area contributed by atoms with Crippen molar-refractivity contribution in [3.8, 4) is 0 Å². The van der Waals surface area contributed by atoms with Crippen molar-refractivity contribution < 1.29 is 15.0 Å². The average Bonchev–Trinajstić information content (AvgIpc) is 2.20. The van der Waals surface area contributed by atoms with Crippen LogP contribution >= 0.6 is 0 Å². The van der Waals surface area contributed by atoms with Crippen molar-refractivity contribution in [1.29, 1.82) is 0 Å². The third kappa shape index (κ3) is 2.74. The largest absolute Gasteiger partial charge is 0.521 e. The van der Waals surface area contributed by atoms with Gasteiger partial charge in [0, 0.05) is 0 Å². The SMILES string of the molecule is CC(C)CC([NH3+])B1OC(C)(C)C(C)(C)O1. The lowest BCUT2D eigenvalue weighted by Crippen LogP contribution is -2.69. The van der Waals surface area contributed by atoms with Gasteiger partial charge < -0.3 is 15.0 Å². The molecule has 1 rings (SSSR count). The van der Waals surface area contributed by atoms with E-state index in [1.807, 2.05) is 0 Å². The number of rotatable bonds is 3. The number of hydrogen-bond donors (Lipinski definition) is 1. The molecular weight excluding hydrogens is 189 g/mol. The minimum Gasteiger partial charge on any atom is -0.399 e. The van der Waals surface area contributed by atoms with E-state index in [-0.39, 0.29) is 24.3 Å². The lowest BCUT2D eigenvalue weighted by Gasteiger charge is -2.32. The summed E-state index contributed by atoms with van der Waals surface area (Å²) >= 11 is 0. The zero-order valence-corrected chi connectivity index (χ0v) is 11.0. The average molecular weight is 214 g/mol. The highest BCUT2D eigenvalue weighted by molar-refractivity contribution is 6.46. The molecule has 0 aromatic carbocycles. The normalized spacial score (nSPS) is 26.0. The molecule has 1 saturated heterocycles. The van der Waals surface area contributed by atoms with E-state index in [0.29, 0.717) is 5.92 Å². The van der Waals surface area contributed by atoms with Gasteiger partial charge in [-0.25, -0.2) is 0 Å². The first-order valence-electron chi connectivity index (χ1n) is 5.84. The first-order valence-corrected chi connectivity index (χ1v) is 5.84. The van der Waals surface area contributed by atoms with Crippen molar-refractivity contribution in [2.24, 2.45) is 5.92 Å². The fourth-order valence-electron chi connectivity index (χ4n) is 1.80. The summed E-state index contributed by atoms with van der Waals surface area (Å²) in [5.41, 5.74) is 3.68. The topological polar surface area (TPSA) is 46.1 Å². The zero-order chi connectivity index (χ0) is 11.9. The van der Waals surface area contributed by atoms with Gasteiger partial charge in [0.25, 0.3) is 0 Å². The van der Waals surface area contributed by atoms with Gasteiger partial charge in [-0.1, -0.05) is 13.8 Å². The van der Waals surface area contributed by atoms with Crippen molar-refractivity contribution in [2.75, 3.05) is 0 Å². The quantitative estimate of drug-likeness (QED) is 0.719. The standard InChI is InChI=1S/C11H24BNO2/c1-8(2)7-9(13)12-14-10(3,4)11(5,6)15-12/h8-9H,7,13H2,1-6H3/p+1. The van der Waals surface area contributed by atoms with Crippen molar-refractivity contribution in [2.45, 2.75) is 65.1 Å². The molecule has 15 heavy (non-hydrogen) atoms. The summed E-state index contributed by atoms with van der Waals surface area (Å²) in [6.07, 6.45) is 1.04. The van der Waals surface area contributed by atoms with Gasteiger partial charge in [-0.3, -0.25) is 0 Å². The Labute approximate surface area is 93.8 Å². The second kappa shape index (κ2) is 4.08. The fourth-order valence-corrected chi connectivity index (χ4v) is 1.80. The minimum atomic E-state index is -0.232. The van der Waals surface area contributed by atoms with E-state index in [0.717, 1.165) is 6.42 Å². The Balaban J connectivity index is 2.62. The van der Waals surface area contributed by atoms with Crippen LogP contribution in [0.2, 0.25) is 0 Å². The highest BCUT2D eigenvalue weighted by atomic mass is 16.7. The maximum absolute atomic E-state index is 5.94. The van der Waals surface area contributed by atoms with Crippen LogP contribution in [0.1, 0.15) is 48.0 Å². The molecule has 1 aliphatic rings. The van der Waals surface area contributed by atoms with E-state index in [2.05, 4.69) is 47.3 Å². The molecule has 0 aromatic rings. The van der Waals surface area contributed by atoms with E-state index in [1.165, 1.54) is 0 Å². The lowest BCUT2D eigenvalue weighted by atomic mass is 9.75. The van der Waals surface area contributed by atoms with Crippen LogP contribution in [-0.2, 0) is 9.31 Å². The molecule has 1 aliphatic heterocycles. The van der Waals surface area contributed by atoms with E-state index < -0.39 is 0 Å². The van der Waals surface area contributed by atoms with Crippen LogP contribution in [0.3, 0.4) is 0 Å². The molecule has 0 aromatic heterocycles. The second-order valence-corrected chi connectivity index (χ2v) is 6.01. The van der Waals surface area contributed by atoms with Gasteiger partial charge in [-0.15, -0.1) is 0 Å². The Morgan fingerprint density at radius 2 is 1.47 bits per heavy atom. The van der Waals surface area contributed by atoms with Crippen LogP contribution in [0.4, 0.5) is 0 Å². The van der Waals surface area contributed by atoms with E-state index >= 15 is 0 Å². The third-order valence-electron chi connectivity index (χ3n) is 3.43. The summed E-state index contributed by atoms with van der Waals surface area (Å²) < 4.78 is 11.9. The van der Waals surface area contributed by atoms with Gasteiger partial charge in [0.05, 0.1) is 11.2 Å². The smallest absolute Gasteiger partial charge is 0.399 e. The van der Waals surface area contributed by atoms with E-state index in [4.69, 9.17) is 9.31 Å². The summed E-state index contributed by atoms with van der Waals surface area (Å²) in [6.45, 7) is 12.7. The fraction of sp³-hybridized carbons (Fsp3) is 1.00. The van der Waals surface area contributed by atoms with Crippen LogP contribution in [0.25, 0.3) is 0 Å². The highest BCUT2D eigenvalue weighted by Gasteiger charge is 2.54. The molecule has 0 radical (unpaired) electrons. The predicted molar refractivity (Wildman–Crippen MR) is 62.2 cm³/mol. The summed E-state index contributed by atoms with van der Waals surface area (Å²) in [5, 5.41) is 0. The van der Waals surface area contributed by atoms with Crippen molar-refractivity contribution in [1.82, 2.24) is 0 Å². The summed E-state index contributed by atoms with van der Waals surface area (Å²) in [5.74, 6) is 0.845. The molecule has 3 N–H and O–H groups in total. The molecule has 1 unspecified atom stereocenters. The van der Waals surface area contributed by atoms with Crippen LogP contribution in [0.15, 0.2) is 0 Å². The predicted octanol–water partition coefficient (Wildman–Crippen LogP) is 1.27. The lowest BCUT2D eigenvalue weighted by molar-refractivity contribution is -0.400. The maximum Gasteiger partial charge on any atom is 0.521 e. The maximum atomic E-state index is 5.94. The van der Waals surface area contributed by atoms with Crippen LogP contribution in [0.5, 0.6) is 0 Å². The summed E-state index contributed by atoms with van der Waals surface area (Å²) in [4.78, 5) is 0. The minimum absolute atomic E-state index is 0.155. The Morgan fingerprint density at radius 1 is 1.07 bits per heavy atom. The van der Waals surface area contributed by atoms with Crippen LogP contribution < -0.4 is 5.73 Å². The van der Waals surface area contributed by atoms with Gasteiger partial charge in [-0.05, 0) is 40.0 Å². The monoisotopic (exact) mass is 214 g/mol. The van der Waals surface area contributed by atoms with Gasteiger partial charge in [0.1, 0.15) is 5.94 Å². The third-order valence-corrected chi connectivity index (χ3v) is 3.43. The summed E-state index contributed by atoms with van der Waals surface area (Å²) in [6, 6.07) is 0. The molecule has 1 atom stereocenters. The van der Waals surface area contributed by atoms with E-state index in [9.17, 15) is 0 Å². The van der Waals surface area contributed by atoms with Crippen LogP contribution in [-0.4, -0.2) is 24.3 Å². The first kappa shape index (κ1) is 13.0. The Bertz CT molecular complexity index is 213. The van der Waals surface area contributed by atoms with Crippen molar-refractivity contribution in [3.05, 3.63) is 0 Å². The van der Waals surface area contributed by atoms with Crippen molar-refractivity contribution >= 4 is 7.12 Å². The van der Waals surface area contributed by atoms with Crippen molar-refractivity contribution in [3.63, 3.8) is 0 Å². The zero-order valence-electron chi connectivity index (χ0n) is 11.0. The van der Waals surface area contributed by atoms with Gasteiger partial charge in [0.2, 0.25) is 0 Å². The number of hydrogen-bond acceptors (Lipinski definition) is 2. The molecular formula is C11H25BNO2+. The van der Waals surface area contributed by atoms with Gasteiger partial charge in [-0.2, -0.15) is 0 Å². The first-order chi connectivity index (χ1) is 6.66. The van der Waals surface area contributed by atoms with E-state index in [1.54, 1.807) is 0 Å². The molecule has 3 nitrogen and oxygen atoms in total. The van der Waals surface area contributed by atoms with Gasteiger partial charge in [0.15, 0.2) is 0 Å². The molecule has 0 saturated carbocycles. The molecule has 1 fully saturated rings. The molecule has 0 aliphatic carbocycles. The molecule has 0 spiro atoms. The Morgan fingerprint density at radius 3 is 1.80 bits per heavy atom. The van der Waals surface area contributed by atoms with Crippen LogP contribution in [0, 0.1) is 5.92 Å². The second-order valence-electron chi connectivity index (χ2n) is 6.01.